The number of nitrogens with one attached hydrogen (secondary N) is 1. The summed E-state index contributed by atoms with van der Waals surface area (Å²) in [4.78, 5) is 24.1. The number of benzene rings is 1. The quantitative estimate of drug-likeness (QED) is 0.904. The number of hydrogen-bond acceptors (Lipinski definition) is 4. The molecule has 0 bridgehead atoms. The van der Waals surface area contributed by atoms with Crippen molar-refractivity contribution in [2.75, 3.05) is 18.2 Å². The second-order valence-electron chi connectivity index (χ2n) is 4.72. The van der Waals surface area contributed by atoms with Crippen LogP contribution in [0.1, 0.15) is 13.0 Å². The number of rotatable bonds is 4. The molecular formula is C15H16ClN3O3. The fourth-order valence-corrected chi connectivity index (χ4v) is 2.20. The van der Waals surface area contributed by atoms with Crippen molar-refractivity contribution in [3.05, 3.63) is 51.9 Å². The van der Waals surface area contributed by atoms with E-state index >= 15 is 0 Å². The monoisotopic (exact) mass is 321 g/mol. The number of anilines is 2. The molecule has 2 rings (SSSR count). The Balaban J connectivity index is 2.19. The van der Waals surface area contributed by atoms with Gasteiger partial charge in [0.1, 0.15) is 11.8 Å². The molecule has 0 radical (unpaired) electrons. The molecule has 0 aliphatic carbocycles. The van der Waals surface area contributed by atoms with Gasteiger partial charge >= 0.3 is 0 Å². The van der Waals surface area contributed by atoms with Crippen LogP contribution in [-0.4, -0.2) is 17.6 Å². The van der Waals surface area contributed by atoms with Crippen LogP contribution in [0.4, 0.5) is 11.4 Å². The molecule has 0 spiro atoms. The number of nitrogens with two attached hydrogens (primary N) is 1. The number of amides is 1. The van der Waals surface area contributed by atoms with Crippen LogP contribution in [0.3, 0.4) is 0 Å². The minimum atomic E-state index is -0.711. The van der Waals surface area contributed by atoms with Crippen molar-refractivity contribution in [3.63, 3.8) is 0 Å². The average Bonchev–Trinajstić information content (AvgIpc) is 2.49. The third-order valence-electron chi connectivity index (χ3n) is 3.18. The molecule has 1 aromatic heterocycles. The minimum absolute atomic E-state index is 0.301. The number of methoxy groups -OCH3 is 1. The molecule has 0 saturated heterocycles. The zero-order valence-electron chi connectivity index (χ0n) is 12.2. The third-order valence-corrected chi connectivity index (χ3v) is 3.47. The van der Waals surface area contributed by atoms with Crippen molar-refractivity contribution in [2.24, 2.45) is 0 Å². The molecule has 116 valence electrons. The molecule has 1 unspecified atom stereocenters. The van der Waals surface area contributed by atoms with Crippen molar-refractivity contribution in [3.8, 4) is 5.75 Å². The molecule has 3 N–H and O–H groups in total. The van der Waals surface area contributed by atoms with Crippen LogP contribution in [-0.2, 0) is 4.79 Å². The molecule has 0 saturated carbocycles. The Morgan fingerprint density at radius 2 is 2.09 bits per heavy atom. The first-order valence-corrected chi connectivity index (χ1v) is 6.92. The lowest BCUT2D eigenvalue weighted by Crippen LogP contribution is -2.31. The second kappa shape index (κ2) is 6.53. The van der Waals surface area contributed by atoms with Crippen molar-refractivity contribution in [1.82, 2.24) is 4.57 Å². The van der Waals surface area contributed by atoms with Gasteiger partial charge in [0.05, 0.1) is 12.1 Å². The number of halogens is 1. The van der Waals surface area contributed by atoms with Crippen LogP contribution in [0.15, 0.2) is 41.3 Å². The number of nitrogens with zero attached hydrogens (tertiary/aromatic N) is 1. The molecule has 1 amide bonds. The van der Waals surface area contributed by atoms with E-state index in [9.17, 15) is 9.59 Å². The summed E-state index contributed by atoms with van der Waals surface area (Å²) in [6, 6.07) is 6.99. The maximum Gasteiger partial charge on any atom is 0.251 e. The first kappa shape index (κ1) is 15.9. The van der Waals surface area contributed by atoms with Gasteiger partial charge in [-0.25, -0.2) is 0 Å². The van der Waals surface area contributed by atoms with E-state index in [2.05, 4.69) is 5.32 Å². The number of carbonyl (C=O) groups excluding carboxylic acids is 1. The predicted octanol–water partition coefficient (Wildman–Crippen LogP) is 2.29. The summed E-state index contributed by atoms with van der Waals surface area (Å²) in [6.45, 7) is 1.61. The summed E-state index contributed by atoms with van der Waals surface area (Å²) >= 11 is 6.01. The number of hydrogen-bond donors (Lipinski definition) is 2. The summed E-state index contributed by atoms with van der Waals surface area (Å²) in [7, 11) is 1.51. The van der Waals surface area contributed by atoms with Crippen LogP contribution >= 0.6 is 11.6 Å². The van der Waals surface area contributed by atoms with Gasteiger partial charge in [-0.1, -0.05) is 11.6 Å². The van der Waals surface area contributed by atoms with Gasteiger partial charge < -0.3 is 20.4 Å². The number of nitrogen functional groups attached to an aromatic ring is 1. The topological polar surface area (TPSA) is 86.3 Å². The highest BCUT2D eigenvalue weighted by Gasteiger charge is 2.16. The zero-order chi connectivity index (χ0) is 16.3. The van der Waals surface area contributed by atoms with Crippen LogP contribution in [0, 0.1) is 0 Å². The van der Waals surface area contributed by atoms with Gasteiger partial charge in [-0.3, -0.25) is 9.59 Å². The number of aromatic nitrogens is 1. The Hall–Kier alpha value is -2.47. The molecule has 6 nitrogen and oxygen atoms in total. The standard InChI is InChI=1S/C15H16ClN3O3/c1-9(19-8-10(17)3-6-14(19)20)15(21)18-11-4-5-13(22-2)12(16)7-11/h3-9H,17H2,1-2H3,(H,18,21). The summed E-state index contributed by atoms with van der Waals surface area (Å²) < 4.78 is 6.32. The predicted molar refractivity (Wildman–Crippen MR) is 86.5 cm³/mol. The molecule has 0 aliphatic rings. The smallest absolute Gasteiger partial charge is 0.251 e. The first-order valence-electron chi connectivity index (χ1n) is 6.54. The van der Waals surface area contributed by atoms with E-state index in [1.807, 2.05) is 0 Å². The maximum absolute atomic E-state index is 12.3. The van der Waals surface area contributed by atoms with E-state index in [0.29, 0.717) is 22.1 Å². The maximum atomic E-state index is 12.3. The first-order chi connectivity index (χ1) is 10.4. The molecular weight excluding hydrogens is 306 g/mol. The lowest BCUT2D eigenvalue weighted by atomic mass is 10.2. The van der Waals surface area contributed by atoms with Gasteiger partial charge in [0.25, 0.3) is 5.56 Å². The molecule has 1 aromatic carbocycles. The van der Waals surface area contributed by atoms with Gasteiger partial charge in [0.15, 0.2) is 0 Å². The lowest BCUT2D eigenvalue weighted by molar-refractivity contribution is -0.118. The van der Waals surface area contributed by atoms with Gasteiger partial charge in [-0.15, -0.1) is 0 Å². The van der Waals surface area contributed by atoms with E-state index in [1.54, 1.807) is 25.1 Å². The molecule has 1 heterocycles. The largest absolute Gasteiger partial charge is 0.495 e. The number of pyridine rings is 1. The van der Waals surface area contributed by atoms with Gasteiger partial charge in [-0.05, 0) is 31.2 Å². The molecule has 0 fully saturated rings. The summed E-state index contributed by atoms with van der Waals surface area (Å²) in [6.07, 6.45) is 1.44. The van der Waals surface area contributed by atoms with Crippen molar-refractivity contribution >= 4 is 28.9 Å². The molecule has 2 aromatic rings. The van der Waals surface area contributed by atoms with Crippen LogP contribution < -0.4 is 21.3 Å². The van der Waals surface area contributed by atoms with E-state index in [0.717, 1.165) is 0 Å². The summed E-state index contributed by atoms with van der Waals surface area (Å²) in [5.74, 6) is 0.161. The van der Waals surface area contributed by atoms with E-state index in [4.69, 9.17) is 22.1 Å². The highest BCUT2D eigenvalue weighted by atomic mass is 35.5. The third kappa shape index (κ3) is 3.40. The number of ether oxygens (including phenoxy) is 1. The Morgan fingerprint density at radius 1 is 1.36 bits per heavy atom. The Labute approximate surface area is 132 Å². The van der Waals surface area contributed by atoms with Crippen molar-refractivity contribution in [2.45, 2.75) is 13.0 Å². The summed E-state index contributed by atoms with van der Waals surface area (Å²) in [5.41, 5.74) is 6.27. The average molecular weight is 322 g/mol. The van der Waals surface area contributed by atoms with Crippen LogP contribution in [0.5, 0.6) is 5.75 Å². The normalized spacial score (nSPS) is 11.8. The van der Waals surface area contributed by atoms with E-state index in [1.165, 1.54) is 30.0 Å². The van der Waals surface area contributed by atoms with Crippen molar-refractivity contribution < 1.29 is 9.53 Å². The number of carbonyl (C=O) groups is 1. The molecule has 1 atom stereocenters. The molecule has 22 heavy (non-hydrogen) atoms. The Bertz CT molecular complexity index is 758. The molecule has 7 heteroatoms. The van der Waals surface area contributed by atoms with Crippen LogP contribution in [0.25, 0.3) is 0 Å². The fourth-order valence-electron chi connectivity index (χ4n) is 1.94. The highest BCUT2D eigenvalue weighted by molar-refractivity contribution is 6.32. The SMILES string of the molecule is COc1ccc(NC(=O)C(C)n2cc(N)ccc2=O)cc1Cl. The van der Waals surface area contributed by atoms with Crippen LogP contribution in [0.2, 0.25) is 5.02 Å². The molecule has 0 aliphatic heterocycles. The minimum Gasteiger partial charge on any atom is -0.495 e. The Kier molecular flexibility index (Phi) is 4.72. The lowest BCUT2D eigenvalue weighted by Gasteiger charge is -2.16. The van der Waals surface area contributed by atoms with Gasteiger partial charge in [0, 0.05) is 23.6 Å². The second-order valence-corrected chi connectivity index (χ2v) is 5.13. The van der Waals surface area contributed by atoms with E-state index in [-0.39, 0.29) is 11.5 Å². The fraction of sp³-hybridized carbons (Fsp3) is 0.200. The zero-order valence-corrected chi connectivity index (χ0v) is 12.9. The Morgan fingerprint density at radius 3 is 2.73 bits per heavy atom. The van der Waals surface area contributed by atoms with E-state index < -0.39 is 6.04 Å². The van der Waals surface area contributed by atoms with Gasteiger partial charge in [-0.2, -0.15) is 0 Å². The van der Waals surface area contributed by atoms with Crippen molar-refractivity contribution in [1.29, 1.82) is 0 Å². The highest BCUT2D eigenvalue weighted by Crippen LogP contribution is 2.27. The summed E-state index contributed by atoms with van der Waals surface area (Å²) in [5, 5.41) is 3.08. The van der Waals surface area contributed by atoms with Gasteiger partial charge in [0.2, 0.25) is 5.91 Å².